The van der Waals surface area contributed by atoms with Crippen LogP contribution in [0.1, 0.15) is 89.9 Å². The summed E-state index contributed by atoms with van der Waals surface area (Å²) in [5.74, 6) is 0.569. The maximum atomic E-state index is 13.7. The van der Waals surface area contributed by atoms with Gasteiger partial charge in [-0.15, -0.1) is 10.2 Å². The highest BCUT2D eigenvalue weighted by atomic mass is 16.5. The third-order valence-corrected chi connectivity index (χ3v) is 6.84. The minimum absolute atomic E-state index is 0.00264. The molecule has 1 fully saturated rings. The first-order valence-electron chi connectivity index (χ1n) is 13.7. The molecule has 0 bridgehead atoms. The number of nitrogens with one attached hydrogen (secondary N) is 1. The Balaban J connectivity index is 1.75. The van der Waals surface area contributed by atoms with E-state index in [-0.39, 0.29) is 35.8 Å². The second kappa shape index (κ2) is 12.6. The first-order valence-corrected chi connectivity index (χ1v) is 13.7. The second-order valence-electron chi connectivity index (χ2n) is 11.9. The van der Waals surface area contributed by atoms with Gasteiger partial charge in [0.05, 0.1) is 5.56 Å². The number of nitrogens with zero attached hydrogens (tertiary/aromatic N) is 4. The van der Waals surface area contributed by atoms with E-state index in [1.807, 2.05) is 48.5 Å². The van der Waals surface area contributed by atoms with E-state index < -0.39 is 18.0 Å². The normalized spacial score (nSPS) is 16.5. The fourth-order valence-electron chi connectivity index (χ4n) is 4.44. The predicted molar refractivity (Wildman–Crippen MR) is 147 cm³/mol. The van der Waals surface area contributed by atoms with Crippen LogP contribution in [0.4, 0.5) is 0 Å². The molecule has 10 nitrogen and oxygen atoms in total. The van der Waals surface area contributed by atoms with Crippen molar-refractivity contribution in [3.05, 3.63) is 41.6 Å². The molecule has 1 aromatic heterocycles. The first kappa shape index (κ1) is 30.1. The van der Waals surface area contributed by atoms with Crippen LogP contribution in [0.15, 0.2) is 28.7 Å². The van der Waals surface area contributed by atoms with Gasteiger partial charge in [-0.2, -0.15) is 0 Å². The molecule has 1 aromatic carbocycles. The Morgan fingerprint density at radius 3 is 2.46 bits per heavy atom. The van der Waals surface area contributed by atoms with Crippen molar-refractivity contribution < 1.29 is 23.5 Å². The summed E-state index contributed by atoms with van der Waals surface area (Å²) in [4.78, 5) is 43.6. The third-order valence-electron chi connectivity index (χ3n) is 6.84. The molecule has 2 aromatic rings. The zero-order valence-electron chi connectivity index (χ0n) is 24.5. The zero-order chi connectivity index (χ0) is 28.9. The van der Waals surface area contributed by atoms with Gasteiger partial charge in [0.1, 0.15) is 17.8 Å². The quantitative estimate of drug-likeness (QED) is 0.484. The number of likely N-dealkylation sites (tertiary alicyclic amines) is 1. The van der Waals surface area contributed by atoms with Crippen LogP contribution in [0.2, 0.25) is 0 Å². The summed E-state index contributed by atoms with van der Waals surface area (Å²) >= 11 is 0. The van der Waals surface area contributed by atoms with Crippen LogP contribution in [0.5, 0.6) is 5.75 Å². The number of aromatic nitrogens is 2. The van der Waals surface area contributed by atoms with Gasteiger partial charge in [-0.1, -0.05) is 46.8 Å². The largest absolute Gasteiger partial charge is 0.483 e. The molecule has 39 heavy (non-hydrogen) atoms. The van der Waals surface area contributed by atoms with Crippen molar-refractivity contribution in [2.45, 2.75) is 97.9 Å². The zero-order valence-corrected chi connectivity index (χ0v) is 24.5. The average molecular weight is 542 g/mol. The second-order valence-corrected chi connectivity index (χ2v) is 11.9. The molecular formula is C29H43N5O5. The Kier molecular flexibility index (Phi) is 9.74. The van der Waals surface area contributed by atoms with Crippen LogP contribution >= 0.6 is 0 Å². The molecule has 3 amide bonds. The molecule has 2 atom stereocenters. The fraction of sp³-hybridized carbons (Fsp3) is 0.621. The van der Waals surface area contributed by atoms with E-state index in [0.717, 1.165) is 6.42 Å². The summed E-state index contributed by atoms with van der Waals surface area (Å²) in [6, 6.07) is 5.59. The molecule has 1 saturated heterocycles. The molecular weight excluding hydrogens is 498 g/mol. The van der Waals surface area contributed by atoms with Gasteiger partial charge in [0, 0.05) is 25.0 Å². The number of amides is 3. The summed E-state index contributed by atoms with van der Waals surface area (Å²) < 4.78 is 11.6. The smallest absolute Gasteiger partial charge is 0.255 e. The first-order chi connectivity index (χ1) is 18.3. The molecule has 0 saturated carbocycles. The van der Waals surface area contributed by atoms with E-state index in [4.69, 9.17) is 9.15 Å². The molecule has 214 valence electrons. The van der Waals surface area contributed by atoms with Gasteiger partial charge in [0.2, 0.25) is 17.7 Å². The lowest BCUT2D eigenvalue weighted by Crippen LogP contribution is -2.54. The van der Waals surface area contributed by atoms with Gasteiger partial charge < -0.3 is 24.3 Å². The van der Waals surface area contributed by atoms with Crippen LogP contribution < -0.4 is 10.1 Å². The third kappa shape index (κ3) is 7.58. The summed E-state index contributed by atoms with van der Waals surface area (Å²) in [7, 11) is 1.76. The van der Waals surface area contributed by atoms with Gasteiger partial charge >= 0.3 is 0 Å². The van der Waals surface area contributed by atoms with E-state index >= 15 is 0 Å². The lowest BCUT2D eigenvalue weighted by atomic mass is 9.97. The van der Waals surface area contributed by atoms with E-state index in [0.29, 0.717) is 42.5 Å². The lowest BCUT2D eigenvalue weighted by Gasteiger charge is -2.32. The predicted octanol–water partition coefficient (Wildman–Crippen LogP) is 3.95. The van der Waals surface area contributed by atoms with E-state index in [2.05, 4.69) is 15.5 Å². The maximum Gasteiger partial charge on any atom is 0.255 e. The average Bonchev–Trinajstić information content (AvgIpc) is 3.55. The number of carbonyl (C=O) groups excluding carboxylic acids is 3. The number of carbonyl (C=O) groups is 3. The Hall–Kier alpha value is -3.43. The van der Waals surface area contributed by atoms with Crippen LogP contribution in [0.25, 0.3) is 0 Å². The number of benzene rings is 1. The highest BCUT2D eigenvalue weighted by molar-refractivity contribution is 6.00. The van der Waals surface area contributed by atoms with Crippen LogP contribution in [-0.4, -0.2) is 69.4 Å². The van der Waals surface area contributed by atoms with Crippen LogP contribution in [0, 0.1) is 5.92 Å². The number of likely N-dealkylation sites (N-methyl/N-ethyl adjacent to an activating group) is 1. The Labute approximate surface area is 231 Å². The molecule has 0 aliphatic carbocycles. The Morgan fingerprint density at radius 2 is 1.85 bits per heavy atom. The SMILES string of the molecule is CC(C)CC(NC(=O)c1ccccc1OCc1nnc(C(C)(C)C)o1)C(=O)N1CCCC1C(=O)N(C)C(C)C. The highest BCUT2D eigenvalue weighted by Gasteiger charge is 2.39. The molecule has 3 rings (SSSR count). The minimum Gasteiger partial charge on any atom is -0.483 e. The van der Waals surface area contributed by atoms with Crippen molar-refractivity contribution in [1.29, 1.82) is 0 Å². The lowest BCUT2D eigenvalue weighted by molar-refractivity contribution is -0.145. The summed E-state index contributed by atoms with van der Waals surface area (Å²) in [5.41, 5.74) is 0.00711. The molecule has 2 unspecified atom stereocenters. The summed E-state index contributed by atoms with van der Waals surface area (Å²) in [6.45, 7) is 14.3. The number of ether oxygens (including phenoxy) is 1. The van der Waals surface area contributed by atoms with Gasteiger partial charge in [0.25, 0.3) is 11.8 Å². The number of hydrogen-bond donors (Lipinski definition) is 1. The molecule has 1 aliphatic heterocycles. The van der Waals surface area contributed by atoms with Gasteiger partial charge in [-0.3, -0.25) is 14.4 Å². The monoisotopic (exact) mass is 541 g/mol. The van der Waals surface area contributed by atoms with E-state index in [1.165, 1.54) is 0 Å². The van der Waals surface area contributed by atoms with Crippen molar-refractivity contribution in [2.75, 3.05) is 13.6 Å². The van der Waals surface area contributed by atoms with Crippen molar-refractivity contribution >= 4 is 17.7 Å². The molecule has 0 spiro atoms. The van der Waals surface area contributed by atoms with E-state index in [9.17, 15) is 14.4 Å². The number of rotatable bonds is 10. The number of hydrogen-bond acceptors (Lipinski definition) is 7. The van der Waals surface area contributed by atoms with Gasteiger partial charge in [-0.25, -0.2) is 0 Å². The minimum atomic E-state index is -0.770. The molecule has 0 radical (unpaired) electrons. The molecule has 1 aliphatic rings. The number of para-hydroxylation sites is 1. The Morgan fingerprint density at radius 1 is 1.15 bits per heavy atom. The van der Waals surface area contributed by atoms with Crippen LogP contribution in [0.3, 0.4) is 0 Å². The van der Waals surface area contributed by atoms with Gasteiger partial charge in [-0.05, 0) is 51.2 Å². The topological polar surface area (TPSA) is 118 Å². The molecule has 1 N–H and O–H groups in total. The van der Waals surface area contributed by atoms with Gasteiger partial charge in [0.15, 0.2) is 6.61 Å². The van der Waals surface area contributed by atoms with E-state index in [1.54, 1.807) is 41.1 Å². The van der Waals surface area contributed by atoms with Crippen molar-refractivity contribution in [1.82, 2.24) is 25.3 Å². The molecule has 10 heteroatoms. The van der Waals surface area contributed by atoms with Crippen molar-refractivity contribution in [3.8, 4) is 5.75 Å². The standard InChI is InChI=1S/C29H43N5O5/c1-18(2)16-21(26(36)34-15-11-13-22(34)27(37)33(8)19(3)4)30-25(35)20-12-9-10-14-23(20)38-17-24-31-32-28(39-24)29(5,6)7/h9-10,12,14,18-19,21-22H,11,13,15-17H2,1-8H3,(H,30,35). The molecule has 2 heterocycles. The summed E-state index contributed by atoms with van der Waals surface area (Å²) in [6.07, 6.45) is 1.82. The highest BCUT2D eigenvalue weighted by Crippen LogP contribution is 2.25. The maximum absolute atomic E-state index is 13.7. The van der Waals surface area contributed by atoms with Crippen molar-refractivity contribution in [2.24, 2.45) is 5.92 Å². The van der Waals surface area contributed by atoms with Crippen molar-refractivity contribution in [3.63, 3.8) is 0 Å². The fourth-order valence-corrected chi connectivity index (χ4v) is 4.44. The Bertz CT molecular complexity index is 1150. The summed E-state index contributed by atoms with van der Waals surface area (Å²) in [5, 5.41) is 11.0. The van der Waals surface area contributed by atoms with Crippen LogP contribution in [-0.2, 0) is 21.6 Å².